The maximum Gasteiger partial charge on any atom is 1.00 e. The van der Waals surface area contributed by atoms with Crippen molar-refractivity contribution in [2.75, 3.05) is 0 Å². The number of carboxylic acids is 1. The third-order valence-corrected chi connectivity index (χ3v) is 1.67. The third kappa shape index (κ3) is 1.75. The van der Waals surface area contributed by atoms with E-state index in [0.29, 0.717) is 5.39 Å². The van der Waals surface area contributed by atoms with Crippen LogP contribution in [0.1, 0.15) is 11.9 Å². The predicted octanol–water partition coefficient (Wildman–Crippen LogP) is -1.62. The number of nitrogens with one attached hydrogen (secondary N) is 1. The Bertz CT molecular complexity index is 444. The second-order valence-electron chi connectivity index (χ2n) is 2.42. The van der Waals surface area contributed by atoms with E-state index in [-0.39, 0.29) is 36.7 Å². The van der Waals surface area contributed by atoms with Crippen LogP contribution in [-0.4, -0.2) is 21.3 Å². The molecule has 2 aromatic rings. The van der Waals surface area contributed by atoms with Crippen LogP contribution < -0.4 is 29.6 Å². The van der Waals surface area contributed by atoms with Gasteiger partial charge >= 0.3 is 35.5 Å². The minimum atomic E-state index is -1.01. The van der Waals surface area contributed by atoms with Crippen molar-refractivity contribution in [3.05, 3.63) is 30.0 Å². The minimum Gasteiger partial charge on any atom is -1.00 e. The predicted molar refractivity (Wildman–Crippen MR) is 44.2 cm³/mol. The fourth-order valence-corrected chi connectivity index (χ4v) is 1.13. The Morgan fingerprint density at radius 1 is 1.46 bits per heavy atom. The summed E-state index contributed by atoms with van der Waals surface area (Å²) >= 11 is 0. The first kappa shape index (κ1) is 10.2. The number of carboxylic acid groups (broad SMARTS) is 1. The topological polar surface area (TPSA) is 66.0 Å². The maximum atomic E-state index is 10.6. The molecule has 1 heterocycles. The molecule has 0 bridgehead atoms. The first-order valence-electron chi connectivity index (χ1n) is 3.45. The molecule has 5 heteroatoms. The fraction of sp³-hybridized carbons (Fsp3) is 0. The van der Waals surface area contributed by atoms with E-state index in [0.717, 1.165) is 5.52 Å². The quantitative estimate of drug-likeness (QED) is 0.526. The van der Waals surface area contributed by atoms with Crippen LogP contribution in [0.25, 0.3) is 10.9 Å². The molecule has 0 aliphatic rings. The van der Waals surface area contributed by atoms with E-state index in [1.165, 1.54) is 0 Å². The van der Waals surface area contributed by atoms with Gasteiger partial charge in [0.2, 0.25) is 0 Å². The van der Waals surface area contributed by atoms with Crippen LogP contribution in [0.2, 0.25) is 0 Å². The van der Waals surface area contributed by atoms with Gasteiger partial charge in [0.05, 0.1) is 5.52 Å². The van der Waals surface area contributed by atoms with Gasteiger partial charge in [-0.1, -0.05) is 18.2 Å². The van der Waals surface area contributed by atoms with Crippen molar-refractivity contribution in [2.24, 2.45) is 0 Å². The summed E-state index contributed by atoms with van der Waals surface area (Å²) in [5.41, 5.74) is 0.820. The molecule has 0 atom stereocenters. The summed E-state index contributed by atoms with van der Waals surface area (Å²) in [4.78, 5) is 10.6. The van der Waals surface area contributed by atoms with Crippen LogP contribution in [0.15, 0.2) is 24.3 Å². The number of para-hydroxylation sites is 1. The summed E-state index contributed by atoms with van der Waals surface area (Å²) in [6, 6.07) is 7.12. The number of H-pyrrole nitrogens is 1. The number of rotatable bonds is 1. The SMILES string of the molecule is O=C(O)c1n[nH]c2ccccc12.[H-].[Na+]. The average molecular weight is 186 g/mol. The number of nitrogens with zero attached hydrogens (tertiary/aromatic N) is 1. The van der Waals surface area contributed by atoms with Crippen molar-refractivity contribution in [2.45, 2.75) is 0 Å². The van der Waals surface area contributed by atoms with Gasteiger partial charge < -0.3 is 6.53 Å². The Morgan fingerprint density at radius 2 is 2.15 bits per heavy atom. The second-order valence-corrected chi connectivity index (χ2v) is 2.42. The number of hydrogen-bond donors (Lipinski definition) is 2. The first-order chi connectivity index (χ1) is 5.79. The molecule has 0 spiro atoms. The Balaban J connectivity index is 0.000000845. The van der Waals surface area contributed by atoms with Gasteiger partial charge in [-0.05, 0) is 6.07 Å². The number of aromatic nitrogens is 2. The van der Waals surface area contributed by atoms with Crippen LogP contribution in [0.3, 0.4) is 0 Å². The number of fused-ring (bicyclic) bond motifs is 1. The van der Waals surface area contributed by atoms with Crippen molar-refractivity contribution < 1.29 is 40.9 Å². The molecule has 0 unspecified atom stereocenters. The number of carbonyl (C=O) groups is 1. The Hall–Kier alpha value is -0.840. The molecule has 0 aliphatic carbocycles. The van der Waals surface area contributed by atoms with Gasteiger partial charge in [0.1, 0.15) is 0 Å². The van der Waals surface area contributed by atoms with E-state index in [2.05, 4.69) is 10.2 Å². The van der Waals surface area contributed by atoms with Crippen molar-refractivity contribution >= 4 is 16.9 Å². The van der Waals surface area contributed by atoms with Crippen molar-refractivity contribution in [3.8, 4) is 0 Å². The zero-order valence-electron chi connectivity index (χ0n) is 8.11. The molecule has 4 nitrogen and oxygen atoms in total. The zero-order valence-corrected chi connectivity index (χ0v) is 9.11. The summed E-state index contributed by atoms with van der Waals surface area (Å²) in [6.07, 6.45) is 0. The van der Waals surface area contributed by atoms with E-state index < -0.39 is 5.97 Å². The standard InChI is InChI=1S/C8H6N2O2.Na.H/c11-8(12)7-5-3-1-2-4-6(5)9-10-7;;/h1-4H,(H,9,10)(H,11,12);;/q;+1;-1. The van der Waals surface area contributed by atoms with Crippen molar-refractivity contribution in [3.63, 3.8) is 0 Å². The van der Waals surface area contributed by atoms with Crippen LogP contribution in [0.4, 0.5) is 0 Å². The van der Waals surface area contributed by atoms with Crippen LogP contribution in [0, 0.1) is 0 Å². The van der Waals surface area contributed by atoms with Gasteiger partial charge in [-0.15, -0.1) is 0 Å². The van der Waals surface area contributed by atoms with Gasteiger partial charge in [-0.2, -0.15) is 5.10 Å². The second kappa shape index (κ2) is 3.91. The molecule has 1 aromatic carbocycles. The summed E-state index contributed by atoms with van der Waals surface area (Å²) < 4.78 is 0. The number of benzene rings is 1. The normalized spacial score (nSPS) is 9.54. The molecule has 0 amide bonds. The van der Waals surface area contributed by atoms with Crippen molar-refractivity contribution in [1.82, 2.24) is 10.2 Å². The largest absolute Gasteiger partial charge is 1.00 e. The molecule has 0 aliphatic heterocycles. The van der Waals surface area contributed by atoms with Gasteiger partial charge in [0, 0.05) is 5.39 Å². The molecule has 0 radical (unpaired) electrons. The smallest absolute Gasteiger partial charge is 1.00 e. The summed E-state index contributed by atoms with van der Waals surface area (Å²) in [5, 5.41) is 15.6. The molecule has 62 valence electrons. The van der Waals surface area contributed by atoms with Crippen molar-refractivity contribution in [1.29, 1.82) is 0 Å². The van der Waals surface area contributed by atoms with E-state index >= 15 is 0 Å². The van der Waals surface area contributed by atoms with E-state index in [1.807, 2.05) is 6.07 Å². The number of aromatic amines is 1. The molecular formula is C8H7N2NaO2. The Kier molecular flexibility index (Phi) is 3.08. The minimum absolute atomic E-state index is 0. The molecule has 1 aromatic heterocycles. The average Bonchev–Trinajstić information content (AvgIpc) is 2.47. The van der Waals surface area contributed by atoms with Crippen LogP contribution in [-0.2, 0) is 0 Å². The Morgan fingerprint density at radius 3 is 2.85 bits per heavy atom. The maximum absolute atomic E-state index is 10.6. The van der Waals surface area contributed by atoms with Gasteiger partial charge in [-0.25, -0.2) is 4.79 Å². The molecular weight excluding hydrogens is 179 g/mol. The fourth-order valence-electron chi connectivity index (χ4n) is 1.13. The van der Waals surface area contributed by atoms with E-state index in [1.54, 1.807) is 18.2 Å². The molecule has 0 saturated heterocycles. The summed E-state index contributed by atoms with van der Waals surface area (Å²) in [7, 11) is 0. The van der Waals surface area contributed by atoms with Gasteiger partial charge in [0.25, 0.3) is 0 Å². The third-order valence-electron chi connectivity index (χ3n) is 1.67. The molecule has 0 fully saturated rings. The molecule has 0 saturated carbocycles. The molecule has 2 rings (SSSR count). The summed E-state index contributed by atoms with van der Waals surface area (Å²) in [6.45, 7) is 0. The van der Waals surface area contributed by atoms with E-state index in [9.17, 15) is 4.79 Å². The Labute approximate surface area is 97.7 Å². The molecule has 2 N–H and O–H groups in total. The summed E-state index contributed by atoms with van der Waals surface area (Å²) in [5.74, 6) is -1.01. The monoisotopic (exact) mass is 186 g/mol. The first-order valence-corrected chi connectivity index (χ1v) is 3.45. The van der Waals surface area contributed by atoms with E-state index in [4.69, 9.17) is 5.11 Å². The number of aromatic carboxylic acids is 1. The van der Waals surface area contributed by atoms with Crippen LogP contribution in [0.5, 0.6) is 0 Å². The van der Waals surface area contributed by atoms with Gasteiger partial charge in [-0.3, -0.25) is 5.10 Å². The zero-order chi connectivity index (χ0) is 8.55. The number of hydrogen-bond acceptors (Lipinski definition) is 2. The molecule has 13 heavy (non-hydrogen) atoms. The van der Waals surface area contributed by atoms with Gasteiger partial charge in [0.15, 0.2) is 5.69 Å². The van der Waals surface area contributed by atoms with Crippen LogP contribution >= 0.6 is 0 Å².